The molecule has 1 fully saturated rings. The predicted molar refractivity (Wildman–Crippen MR) is 83.0 cm³/mol. The second kappa shape index (κ2) is 8.32. The number of likely N-dealkylation sites (tertiary alicyclic amines) is 1. The molecule has 1 saturated heterocycles. The lowest BCUT2D eigenvalue weighted by atomic mass is 10.1. The molecule has 20 heavy (non-hydrogen) atoms. The highest BCUT2D eigenvalue weighted by molar-refractivity contribution is 7.99. The van der Waals surface area contributed by atoms with Gasteiger partial charge in [0, 0.05) is 17.2 Å². The van der Waals surface area contributed by atoms with Crippen molar-refractivity contribution in [1.29, 1.82) is 0 Å². The maximum atomic E-state index is 12.1. The van der Waals surface area contributed by atoms with E-state index in [9.17, 15) is 4.79 Å². The molecule has 1 aliphatic rings. The number of hydrogen-bond donors (Lipinski definition) is 0. The summed E-state index contributed by atoms with van der Waals surface area (Å²) in [6.07, 6.45) is 2.50. The van der Waals surface area contributed by atoms with Crippen LogP contribution in [0.15, 0.2) is 35.2 Å². The van der Waals surface area contributed by atoms with Gasteiger partial charge in [-0.05, 0) is 45.0 Å². The summed E-state index contributed by atoms with van der Waals surface area (Å²) in [5, 5.41) is 0. The molecule has 4 heteroatoms. The first-order chi connectivity index (χ1) is 9.79. The van der Waals surface area contributed by atoms with Crippen LogP contribution in [-0.4, -0.2) is 42.9 Å². The maximum absolute atomic E-state index is 12.1. The zero-order valence-electron chi connectivity index (χ0n) is 12.1. The van der Waals surface area contributed by atoms with Gasteiger partial charge in [0.25, 0.3) is 0 Å². The van der Waals surface area contributed by atoms with Crippen LogP contribution in [0.4, 0.5) is 0 Å². The van der Waals surface area contributed by atoms with E-state index in [0.717, 1.165) is 25.4 Å². The van der Waals surface area contributed by atoms with Gasteiger partial charge in [-0.3, -0.25) is 4.79 Å². The molecule has 1 atom stereocenters. The van der Waals surface area contributed by atoms with Crippen LogP contribution < -0.4 is 0 Å². The second-order valence-electron chi connectivity index (χ2n) is 5.08. The van der Waals surface area contributed by atoms with E-state index >= 15 is 0 Å². The third-order valence-corrected chi connectivity index (χ3v) is 4.67. The first kappa shape index (κ1) is 15.4. The smallest absolute Gasteiger partial charge is 0.311 e. The molecule has 0 aliphatic carbocycles. The Morgan fingerprint density at radius 3 is 2.65 bits per heavy atom. The second-order valence-corrected chi connectivity index (χ2v) is 6.17. The van der Waals surface area contributed by atoms with E-state index in [2.05, 4.69) is 17.0 Å². The van der Waals surface area contributed by atoms with Gasteiger partial charge in [0.05, 0.1) is 12.5 Å². The fourth-order valence-corrected chi connectivity index (χ4v) is 3.43. The minimum Gasteiger partial charge on any atom is -0.466 e. The van der Waals surface area contributed by atoms with E-state index in [4.69, 9.17) is 4.74 Å². The molecule has 1 unspecified atom stereocenters. The molecular weight excluding hydrogens is 270 g/mol. The monoisotopic (exact) mass is 293 g/mol. The molecule has 110 valence electrons. The number of ether oxygens (including phenoxy) is 1. The highest BCUT2D eigenvalue weighted by Crippen LogP contribution is 2.22. The van der Waals surface area contributed by atoms with Crippen molar-refractivity contribution in [2.45, 2.75) is 24.7 Å². The van der Waals surface area contributed by atoms with Crippen molar-refractivity contribution < 1.29 is 9.53 Å². The summed E-state index contributed by atoms with van der Waals surface area (Å²) in [6.45, 7) is 5.40. The molecule has 1 aliphatic heterocycles. The van der Waals surface area contributed by atoms with E-state index in [1.54, 1.807) is 11.8 Å². The zero-order valence-corrected chi connectivity index (χ0v) is 12.9. The Bertz CT molecular complexity index is 404. The number of thioether (sulfide) groups is 1. The van der Waals surface area contributed by atoms with Crippen LogP contribution in [0.25, 0.3) is 0 Å². The van der Waals surface area contributed by atoms with Gasteiger partial charge in [-0.1, -0.05) is 18.2 Å². The number of benzene rings is 1. The highest BCUT2D eigenvalue weighted by Gasteiger charge is 2.24. The van der Waals surface area contributed by atoms with Crippen LogP contribution in [0, 0.1) is 5.92 Å². The van der Waals surface area contributed by atoms with Crippen molar-refractivity contribution in [2.75, 3.05) is 32.0 Å². The van der Waals surface area contributed by atoms with Crippen LogP contribution in [0.3, 0.4) is 0 Å². The lowest BCUT2D eigenvalue weighted by molar-refractivity contribution is -0.147. The molecule has 0 radical (unpaired) electrons. The fraction of sp³-hybridized carbons (Fsp3) is 0.562. The minimum absolute atomic E-state index is 0.0294. The third-order valence-electron chi connectivity index (χ3n) is 3.49. The molecule has 0 aromatic heterocycles. The SMILES string of the molecule is CCOC(=O)C(CSc1ccccc1)CN1CCCC1. The van der Waals surface area contributed by atoms with Crippen molar-refractivity contribution in [3.63, 3.8) is 0 Å². The van der Waals surface area contributed by atoms with Gasteiger partial charge >= 0.3 is 5.97 Å². The molecule has 0 spiro atoms. The van der Waals surface area contributed by atoms with Crippen LogP contribution in [0.5, 0.6) is 0 Å². The number of esters is 1. The summed E-state index contributed by atoms with van der Waals surface area (Å²) >= 11 is 1.74. The Morgan fingerprint density at radius 1 is 1.30 bits per heavy atom. The first-order valence-corrected chi connectivity index (χ1v) is 8.35. The Balaban J connectivity index is 1.89. The summed E-state index contributed by atoms with van der Waals surface area (Å²) in [5.74, 6) is 0.709. The van der Waals surface area contributed by atoms with Gasteiger partial charge in [-0.25, -0.2) is 0 Å². The molecule has 0 saturated carbocycles. The van der Waals surface area contributed by atoms with Crippen LogP contribution >= 0.6 is 11.8 Å². The van der Waals surface area contributed by atoms with Gasteiger partial charge in [0.1, 0.15) is 0 Å². The summed E-state index contributed by atoms with van der Waals surface area (Å²) in [4.78, 5) is 15.7. The van der Waals surface area contributed by atoms with Crippen molar-refractivity contribution in [2.24, 2.45) is 5.92 Å². The number of hydrogen-bond acceptors (Lipinski definition) is 4. The molecule has 1 heterocycles. The first-order valence-electron chi connectivity index (χ1n) is 7.36. The normalized spacial score (nSPS) is 17.1. The summed E-state index contributed by atoms with van der Waals surface area (Å²) in [5.41, 5.74) is 0. The van der Waals surface area contributed by atoms with Crippen molar-refractivity contribution in [3.8, 4) is 0 Å². The van der Waals surface area contributed by atoms with Gasteiger partial charge < -0.3 is 9.64 Å². The standard InChI is InChI=1S/C16H23NO2S/c1-2-19-16(18)14(12-17-10-6-7-11-17)13-20-15-8-4-3-5-9-15/h3-5,8-9,14H,2,6-7,10-13H2,1H3. The number of carbonyl (C=O) groups is 1. The summed E-state index contributed by atoms with van der Waals surface area (Å²) < 4.78 is 5.22. The van der Waals surface area contributed by atoms with Crippen molar-refractivity contribution >= 4 is 17.7 Å². The van der Waals surface area contributed by atoms with E-state index in [1.807, 2.05) is 25.1 Å². The molecule has 1 aromatic rings. The predicted octanol–water partition coefficient (Wildman–Crippen LogP) is 3.05. The average Bonchev–Trinajstić information content (AvgIpc) is 2.97. The van der Waals surface area contributed by atoms with Crippen molar-refractivity contribution in [3.05, 3.63) is 30.3 Å². The van der Waals surface area contributed by atoms with Crippen molar-refractivity contribution in [1.82, 2.24) is 4.90 Å². The fourth-order valence-electron chi connectivity index (χ4n) is 2.45. The molecule has 0 N–H and O–H groups in total. The summed E-state index contributed by atoms with van der Waals surface area (Å²) in [7, 11) is 0. The summed E-state index contributed by atoms with van der Waals surface area (Å²) in [6, 6.07) is 10.2. The molecular formula is C16H23NO2S. The van der Waals surface area contributed by atoms with E-state index in [-0.39, 0.29) is 11.9 Å². The van der Waals surface area contributed by atoms with Gasteiger partial charge in [0.15, 0.2) is 0 Å². The van der Waals surface area contributed by atoms with Crippen LogP contribution in [0.2, 0.25) is 0 Å². The lowest BCUT2D eigenvalue weighted by Gasteiger charge is -2.21. The molecule has 3 nitrogen and oxygen atoms in total. The lowest BCUT2D eigenvalue weighted by Crippen LogP contribution is -2.33. The van der Waals surface area contributed by atoms with E-state index < -0.39 is 0 Å². The third kappa shape index (κ3) is 4.84. The Labute approximate surface area is 125 Å². The maximum Gasteiger partial charge on any atom is 0.311 e. The molecule has 0 amide bonds. The van der Waals surface area contributed by atoms with Crippen LogP contribution in [0.1, 0.15) is 19.8 Å². The number of carbonyl (C=O) groups excluding carboxylic acids is 1. The highest BCUT2D eigenvalue weighted by atomic mass is 32.2. The number of rotatable bonds is 7. The Morgan fingerprint density at radius 2 is 2.00 bits per heavy atom. The van der Waals surface area contributed by atoms with Gasteiger partial charge in [-0.15, -0.1) is 11.8 Å². The van der Waals surface area contributed by atoms with Gasteiger partial charge in [0.2, 0.25) is 0 Å². The van der Waals surface area contributed by atoms with Gasteiger partial charge in [-0.2, -0.15) is 0 Å². The van der Waals surface area contributed by atoms with E-state index in [1.165, 1.54) is 17.7 Å². The zero-order chi connectivity index (χ0) is 14.2. The average molecular weight is 293 g/mol. The largest absolute Gasteiger partial charge is 0.466 e. The molecule has 1 aromatic carbocycles. The Kier molecular flexibility index (Phi) is 6.40. The quantitative estimate of drug-likeness (QED) is 0.571. The molecule has 0 bridgehead atoms. The number of nitrogens with zero attached hydrogens (tertiary/aromatic N) is 1. The van der Waals surface area contributed by atoms with E-state index in [0.29, 0.717) is 6.61 Å². The Hall–Kier alpha value is -1.00. The van der Waals surface area contributed by atoms with Crippen LogP contribution in [-0.2, 0) is 9.53 Å². The minimum atomic E-state index is -0.0529. The topological polar surface area (TPSA) is 29.5 Å². The molecule has 2 rings (SSSR count).